The molecule has 0 amide bonds. The van der Waals surface area contributed by atoms with Crippen LogP contribution in [-0.4, -0.2) is 67.4 Å². The predicted molar refractivity (Wildman–Crippen MR) is 102 cm³/mol. The van der Waals surface area contributed by atoms with E-state index in [-0.39, 0.29) is 5.69 Å². The van der Waals surface area contributed by atoms with Crippen LogP contribution >= 0.6 is 0 Å². The predicted octanol–water partition coefficient (Wildman–Crippen LogP) is 2.70. The Labute approximate surface area is 161 Å². The first kappa shape index (κ1) is 19.2. The van der Waals surface area contributed by atoms with E-state index < -0.39 is 11.7 Å². The highest BCUT2D eigenvalue weighted by atomic mass is 19.4. The Balaban J connectivity index is 1.62. The van der Waals surface area contributed by atoms with Crippen molar-refractivity contribution in [2.75, 3.05) is 57.8 Å². The number of aromatic amines is 1. The van der Waals surface area contributed by atoms with Gasteiger partial charge in [-0.2, -0.15) is 13.2 Å². The molecule has 2 aliphatic rings. The van der Waals surface area contributed by atoms with Gasteiger partial charge in [0.15, 0.2) is 0 Å². The molecule has 0 spiro atoms. The molecule has 4 rings (SSSR count). The summed E-state index contributed by atoms with van der Waals surface area (Å²) >= 11 is 0. The van der Waals surface area contributed by atoms with Gasteiger partial charge in [0, 0.05) is 50.0 Å². The Kier molecular flexibility index (Phi) is 5.56. The summed E-state index contributed by atoms with van der Waals surface area (Å²) in [7, 11) is 0. The number of morpholine rings is 1. The molecular formula is C19H24F3N5O. The number of nitrogens with zero attached hydrogens (tertiary/aromatic N) is 2. The van der Waals surface area contributed by atoms with Crippen molar-refractivity contribution in [1.29, 1.82) is 0 Å². The second-order valence-electron chi connectivity index (χ2n) is 7.07. The third-order valence-corrected chi connectivity index (χ3v) is 5.17. The fourth-order valence-corrected chi connectivity index (χ4v) is 3.67. The maximum absolute atomic E-state index is 13.6. The molecule has 2 aliphatic heterocycles. The number of anilines is 1. The van der Waals surface area contributed by atoms with Gasteiger partial charge in [0.1, 0.15) is 5.65 Å². The van der Waals surface area contributed by atoms with Gasteiger partial charge in [-0.15, -0.1) is 0 Å². The Morgan fingerprint density at radius 2 is 2.07 bits per heavy atom. The number of H-pyrrole nitrogens is 1. The number of alkyl halides is 3. The molecule has 0 radical (unpaired) electrons. The first-order valence-corrected chi connectivity index (χ1v) is 9.55. The first-order valence-electron chi connectivity index (χ1n) is 9.55. The third-order valence-electron chi connectivity index (χ3n) is 5.17. The van der Waals surface area contributed by atoms with Crippen molar-refractivity contribution in [3.05, 3.63) is 29.6 Å². The molecule has 3 N–H and O–H groups in total. The van der Waals surface area contributed by atoms with E-state index in [1.165, 1.54) is 0 Å². The number of nitrogens with one attached hydrogen (secondary N) is 3. The van der Waals surface area contributed by atoms with Crippen LogP contribution in [0.15, 0.2) is 18.3 Å². The van der Waals surface area contributed by atoms with Crippen LogP contribution in [0.2, 0.25) is 0 Å². The fraction of sp³-hybridized carbons (Fsp3) is 0.526. The number of hydrogen-bond acceptors (Lipinski definition) is 5. The summed E-state index contributed by atoms with van der Waals surface area (Å²) in [6.07, 6.45) is -0.549. The molecule has 0 bridgehead atoms. The van der Waals surface area contributed by atoms with Gasteiger partial charge in [0.2, 0.25) is 0 Å². The molecule has 0 unspecified atom stereocenters. The van der Waals surface area contributed by atoms with Gasteiger partial charge >= 0.3 is 6.18 Å². The van der Waals surface area contributed by atoms with Crippen LogP contribution < -0.4 is 10.6 Å². The second kappa shape index (κ2) is 8.10. The van der Waals surface area contributed by atoms with E-state index in [2.05, 4.69) is 31.6 Å². The van der Waals surface area contributed by atoms with Gasteiger partial charge in [0.25, 0.3) is 0 Å². The molecule has 1 fully saturated rings. The van der Waals surface area contributed by atoms with Crippen LogP contribution in [0.5, 0.6) is 0 Å². The Hall–Kier alpha value is -2.10. The number of fused-ring (bicyclic) bond motifs is 1. The van der Waals surface area contributed by atoms with Crippen molar-refractivity contribution in [2.45, 2.75) is 12.6 Å². The highest BCUT2D eigenvalue weighted by Crippen LogP contribution is 2.38. The number of ether oxygens (including phenoxy) is 1. The highest BCUT2D eigenvalue weighted by molar-refractivity contribution is 5.94. The second-order valence-corrected chi connectivity index (χ2v) is 7.07. The molecule has 152 valence electrons. The van der Waals surface area contributed by atoms with Crippen LogP contribution in [0, 0.1) is 0 Å². The number of halogens is 3. The molecule has 0 atom stereocenters. The number of hydrogen-bond donors (Lipinski definition) is 3. The topological polar surface area (TPSA) is 65.2 Å². The fourth-order valence-electron chi connectivity index (χ4n) is 3.67. The van der Waals surface area contributed by atoms with Crippen molar-refractivity contribution in [3.8, 4) is 0 Å². The van der Waals surface area contributed by atoms with E-state index >= 15 is 0 Å². The van der Waals surface area contributed by atoms with Gasteiger partial charge in [0.05, 0.1) is 24.5 Å². The van der Waals surface area contributed by atoms with Gasteiger partial charge in [-0.1, -0.05) is 6.08 Å². The Morgan fingerprint density at radius 3 is 2.79 bits per heavy atom. The molecular weight excluding hydrogens is 371 g/mol. The zero-order chi connectivity index (χ0) is 19.6. The lowest BCUT2D eigenvalue weighted by atomic mass is 10.1. The average molecular weight is 395 g/mol. The van der Waals surface area contributed by atoms with E-state index in [0.29, 0.717) is 43.9 Å². The van der Waals surface area contributed by atoms with Crippen molar-refractivity contribution < 1.29 is 17.9 Å². The largest absolute Gasteiger partial charge is 0.419 e. The van der Waals surface area contributed by atoms with E-state index in [9.17, 15) is 13.2 Å². The van der Waals surface area contributed by atoms with Crippen LogP contribution in [-0.2, 0) is 10.9 Å². The average Bonchev–Trinajstić information content (AvgIpc) is 3.13. The van der Waals surface area contributed by atoms with Crippen molar-refractivity contribution >= 4 is 22.3 Å². The monoisotopic (exact) mass is 395 g/mol. The molecule has 0 aromatic carbocycles. The smallest absolute Gasteiger partial charge is 0.383 e. The Bertz CT molecular complexity index is 855. The van der Waals surface area contributed by atoms with Crippen molar-refractivity contribution in [3.63, 3.8) is 0 Å². The minimum Gasteiger partial charge on any atom is -0.383 e. The summed E-state index contributed by atoms with van der Waals surface area (Å²) in [5.41, 5.74) is 1.69. The zero-order valence-corrected chi connectivity index (χ0v) is 15.5. The van der Waals surface area contributed by atoms with Crippen LogP contribution in [0.25, 0.3) is 16.6 Å². The van der Waals surface area contributed by atoms with Gasteiger partial charge in [-0.05, 0) is 24.6 Å². The zero-order valence-electron chi connectivity index (χ0n) is 15.5. The minimum absolute atomic E-state index is 0.0950. The standard InChI is InChI=1S/C19H24F3N5O/c20-19(21,22)15-12-25-18-14(10-16(26-18)13-2-1-3-23-11-13)17(15)24-4-5-27-6-8-28-9-7-27/h2,10,12,23H,1,3-9,11H2,(H2,24,25,26). The van der Waals surface area contributed by atoms with Crippen LogP contribution in [0.3, 0.4) is 0 Å². The highest BCUT2D eigenvalue weighted by Gasteiger charge is 2.35. The van der Waals surface area contributed by atoms with Gasteiger partial charge in [-0.25, -0.2) is 4.98 Å². The van der Waals surface area contributed by atoms with E-state index in [1.807, 2.05) is 0 Å². The van der Waals surface area contributed by atoms with E-state index in [1.54, 1.807) is 6.07 Å². The van der Waals surface area contributed by atoms with Crippen LogP contribution in [0.4, 0.5) is 18.9 Å². The lowest BCUT2D eigenvalue weighted by Crippen LogP contribution is -2.39. The Morgan fingerprint density at radius 1 is 1.25 bits per heavy atom. The lowest BCUT2D eigenvalue weighted by molar-refractivity contribution is -0.137. The summed E-state index contributed by atoms with van der Waals surface area (Å²) in [5, 5.41) is 6.78. The molecule has 0 aliphatic carbocycles. The summed E-state index contributed by atoms with van der Waals surface area (Å²) in [5.74, 6) is 0. The molecule has 0 saturated carbocycles. The molecule has 28 heavy (non-hydrogen) atoms. The van der Waals surface area contributed by atoms with Crippen LogP contribution in [0.1, 0.15) is 17.7 Å². The quantitative estimate of drug-likeness (QED) is 0.727. The summed E-state index contributed by atoms with van der Waals surface area (Å²) in [4.78, 5) is 9.39. The molecule has 1 saturated heterocycles. The summed E-state index contributed by atoms with van der Waals surface area (Å²) in [6, 6.07) is 1.77. The van der Waals surface area contributed by atoms with Crippen molar-refractivity contribution in [1.82, 2.24) is 20.2 Å². The minimum atomic E-state index is -4.47. The molecule has 9 heteroatoms. The lowest BCUT2D eigenvalue weighted by Gasteiger charge is -2.27. The normalized spacial score (nSPS) is 19.0. The number of rotatable bonds is 5. The number of aromatic nitrogens is 2. The molecule has 2 aromatic heterocycles. The van der Waals surface area contributed by atoms with E-state index in [4.69, 9.17) is 4.74 Å². The van der Waals surface area contributed by atoms with Gasteiger partial charge in [-0.3, -0.25) is 4.90 Å². The third kappa shape index (κ3) is 4.16. The summed E-state index contributed by atoms with van der Waals surface area (Å²) < 4.78 is 46.1. The van der Waals surface area contributed by atoms with Gasteiger partial charge < -0.3 is 20.4 Å². The SMILES string of the molecule is FC(F)(F)c1cnc2[nH]c(C3=CCCNC3)cc2c1NCCN1CCOCC1. The molecule has 6 nitrogen and oxygen atoms in total. The number of pyridine rings is 1. The van der Waals surface area contributed by atoms with E-state index in [0.717, 1.165) is 43.5 Å². The maximum atomic E-state index is 13.6. The summed E-state index contributed by atoms with van der Waals surface area (Å²) in [6.45, 7) is 5.62. The first-order chi connectivity index (χ1) is 13.5. The molecule has 2 aromatic rings. The maximum Gasteiger partial charge on any atom is 0.419 e. The molecule has 4 heterocycles. The van der Waals surface area contributed by atoms with Crippen molar-refractivity contribution in [2.24, 2.45) is 0 Å².